The van der Waals surface area contributed by atoms with Crippen LogP contribution in [-0.4, -0.2) is 86.1 Å². The summed E-state index contributed by atoms with van der Waals surface area (Å²) in [5, 5.41) is 13.9. The van der Waals surface area contributed by atoms with Gasteiger partial charge in [0.2, 0.25) is 23.6 Å². The molecule has 5 N–H and O–H groups in total. The highest BCUT2D eigenvalue weighted by Gasteiger charge is 2.53. The molecule has 6 amide bonds. The molecular weight excluding hydrogens is 765 g/mol. The summed E-state index contributed by atoms with van der Waals surface area (Å²) in [7, 11) is 2.50. The number of ether oxygens (including phenoxy) is 2. The van der Waals surface area contributed by atoms with Gasteiger partial charge < -0.3 is 41.0 Å². The van der Waals surface area contributed by atoms with E-state index in [1.165, 1.54) is 68.6 Å². The smallest absolute Gasteiger partial charge is 0.407 e. The van der Waals surface area contributed by atoms with Crippen molar-refractivity contribution in [2.24, 2.45) is 29.1 Å². The molecule has 0 aromatic rings. The van der Waals surface area contributed by atoms with Gasteiger partial charge in [-0.2, -0.15) is 0 Å². The van der Waals surface area contributed by atoms with Gasteiger partial charge in [-0.25, -0.2) is 9.59 Å². The first-order valence-corrected chi connectivity index (χ1v) is 21.8. The summed E-state index contributed by atoms with van der Waals surface area (Å²) in [5.74, 6) is -0.751. The van der Waals surface area contributed by atoms with Crippen molar-refractivity contribution >= 4 is 35.8 Å². The number of rotatable bonds is 13. The van der Waals surface area contributed by atoms with Crippen LogP contribution < -0.4 is 26.6 Å². The van der Waals surface area contributed by atoms with Crippen LogP contribution in [0.4, 0.5) is 9.59 Å². The molecule has 3 fully saturated rings. The predicted molar refractivity (Wildman–Crippen MR) is 226 cm³/mol. The molecule has 2 saturated carbocycles. The van der Waals surface area contributed by atoms with E-state index in [1.807, 2.05) is 26.0 Å². The largest absolute Gasteiger partial charge is 0.453 e. The molecule has 0 radical (unpaired) electrons. The van der Waals surface area contributed by atoms with Crippen molar-refractivity contribution in [1.82, 2.24) is 31.5 Å². The zero-order valence-electron chi connectivity index (χ0n) is 36.1. The van der Waals surface area contributed by atoms with E-state index in [0.717, 1.165) is 30.7 Å². The first kappa shape index (κ1) is 44.4. The predicted octanol–water partition coefficient (Wildman–Crippen LogP) is 5.75. The van der Waals surface area contributed by atoms with Gasteiger partial charge in [0.15, 0.2) is 0 Å². The molecule has 5 unspecified atom stereocenters. The summed E-state index contributed by atoms with van der Waals surface area (Å²) in [4.78, 5) is 78.0. The van der Waals surface area contributed by atoms with Gasteiger partial charge in [0, 0.05) is 17.9 Å². The van der Waals surface area contributed by atoms with Crippen molar-refractivity contribution in [2.45, 2.75) is 123 Å². The number of nitrogens with zero attached hydrogens (tertiary/aromatic N) is 1. The van der Waals surface area contributed by atoms with Crippen LogP contribution in [0.25, 0.3) is 0 Å². The van der Waals surface area contributed by atoms with E-state index in [1.54, 1.807) is 18.7 Å². The first-order valence-electron chi connectivity index (χ1n) is 21.8. The average molecular weight is 829 g/mol. The number of fused-ring (bicyclic) bond motifs is 2. The van der Waals surface area contributed by atoms with Gasteiger partial charge in [0.05, 0.1) is 20.8 Å². The highest BCUT2D eigenvalue weighted by atomic mass is 16.5. The quantitative estimate of drug-likeness (QED) is 0.156. The molecule has 1 aliphatic heterocycles. The zero-order chi connectivity index (χ0) is 43.1. The summed E-state index contributed by atoms with van der Waals surface area (Å²) in [6.07, 6.45) is 23.3. The number of carbonyl (C=O) groups excluding carboxylic acids is 6. The van der Waals surface area contributed by atoms with Crippen LogP contribution in [0.1, 0.15) is 105 Å². The number of hydrogen-bond acceptors (Lipinski definition) is 8. The molecular formula is C46H64N6O8. The molecule has 0 aromatic heterocycles. The second-order valence-corrected chi connectivity index (χ2v) is 17.9. The van der Waals surface area contributed by atoms with E-state index in [9.17, 15) is 28.8 Å². The minimum absolute atomic E-state index is 0.171. The number of hydrogen-bond donors (Lipinski definition) is 5. The Balaban J connectivity index is 1.12. The molecule has 14 nitrogen and oxygen atoms in total. The number of methoxy groups -OCH3 is 2. The molecule has 14 heteroatoms. The Hall–Kier alpha value is -5.14. The van der Waals surface area contributed by atoms with Gasteiger partial charge in [-0.15, -0.1) is 0 Å². The SMILES string of the molecule is COC(=O)NC(C(=O)NCC(=O)NC1=CC=C(C2=CC=C(C3=CC=C(NC(=O)C4CCCN4C(=O)C(NC(=O)OC)C(C)C)CC3)C3CCC4(CCCC4)C23)CC1)C(C)C. The van der Waals surface area contributed by atoms with Crippen LogP contribution in [-0.2, 0) is 28.7 Å². The van der Waals surface area contributed by atoms with Crippen molar-refractivity contribution in [1.29, 1.82) is 0 Å². The lowest BCUT2D eigenvalue weighted by Gasteiger charge is -2.40. The maximum Gasteiger partial charge on any atom is 0.407 e. The Morgan fingerprint density at radius 1 is 0.700 bits per heavy atom. The van der Waals surface area contributed by atoms with Crippen molar-refractivity contribution < 1.29 is 38.2 Å². The second kappa shape index (κ2) is 19.5. The molecule has 0 aromatic carbocycles. The summed E-state index contributed by atoms with van der Waals surface area (Å²) in [6, 6.07) is -2.20. The number of amides is 6. The summed E-state index contributed by atoms with van der Waals surface area (Å²) in [6.45, 7) is 7.58. The summed E-state index contributed by atoms with van der Waals surface area (Å²) in [5.41, 5.74) is 7.40. The van der Waals surface area contributed by atoms with E-state index in [2.05, 4.69) is 55.6 Å². The Morgan fingerprint density at radius 2 is 1.28 bits per heavy atom. The van der Waals surface area contributed by atoms with Gasteiger partial charge in [0.1, 0.15) is 18.1 Å². The first-order chi connectivity index (χ1) is 28.7. The lowest BCUT2D eigenvalue weighted by molar-refractivity contribution is -0.140. The fourth-order valence-corrected chi connectivity index (χ4v) is 10.4. The van der Waals surface area contributed by atoms with Crippen LogP contribution >= 0.6 is 0 Å². The van der Waals surface area contributed by atoms with Crippen LogP contribution in [0.15, 0.2) is 70.1 Å². The molecule has 5 atom stereocenters. The topological polar surface area (TPSA) is 184 Å². The summed E-state index contributed by atoms with van der Waals surface area (Å²) >= 11 is 0. The Kier molecular flexibility index (Phi) is 14.4. The maximum absolute atomic E-state index is 13.6. The van der Waals surface area contributed by atoms with Gasteiger partial charge in [-0.3, -0.25) is 19.2 Å². The minimum Gasteiger partial charge on any atom is -0.453 e. The highest BCUT2D eigenvalue weighted by Crippen LogP contribution is 2.63. The van der Waals surface area contributed by atoms with E-state index >= 15 is 0 Å². The van der Waals surface area contributed by atoms with Crippen molar-refractivity contribution in [3.8, 4) is 0 Å². The molecule has 1 saturated heterocycles. The monoisotopic (exact) mass is 828 g/mol. The van der Waals surface area contributed by atoms with Crippen molar-refractivity contribution in [3.63, 3.8) is 0 Å². The number of alkyl carbamates (subject to hydrolysis) is 2. The Morgan fingerprint density at radius 3 is 1.87 bits per heavy atom. The molecule has 326 valence electrons. The van der Waals surface area contributed by atoms with Gasteiger partial charge >= 0.3 is 12.2 Å². The van der Waals surface area contributed by atoms with Gasteiger partial charge in [-0.05, 0) is 128 Å². The Bertz CT molecular complexity index is 1900. The maximum atomic E-state index is 13.6. The van der Waals surface area contributed by atoms with Crippen LogP contribution in [0.2, 0.25) is 0 Å². The third-order valence-corrected chi connectivity index (χ3v) is 13.5. The zero-order valence-corrected chi connectivity index (χ0v) is 36.1. The normalized spacial score (nSPS) is 24.1. The van der Waals surface area contributed by atoms with Crippen molar-refractivity contribution in [3.05, 3.63) is 70.1 Å². The molecule has 5 aliphatic carbocycles. The van der Waals surface area contributed by atoms with E-state index in [4.69, 9.17) is 4.74 Å². The van der Waals surface area contributed by atoms with Gasteiger partial charge in [0.25, 0.3) is 0 Å². The molecule has 1 heterocycles. The van der Waals surface area contributed by atoms with Crippen LogP contribution in [0.3, 0.4) is 0 Å². The second-order valence-electron chi connectivity index (χ2n) is 17.9. The highest BCUT2D eigenvalue weighted by molar-refractivity contribution is 5.93. The fraction of sp³-hybridized carbons (Fsp3) is 0.609. The lowest BCUT2D eigenvalue weighted by atomic mass is 9.64. The van der Waals surface area contributed by atoms with Crippen molar-refractivity contribution in [2.75, 3.05) is 27.3 Å². The standard InChI is InChI=1S/C46H64N6O8/c1-27(2)39(50-44(57)59-5)42(55)47-26-37(53)48-31-15-13-30(14-16-31)34-20-19-33(35-21-24-46(38(34)35)22-7-8-23-46)29-11-17-32(18-12-29)49-41(54)36-10-9-25-52(36)43(56)40(28(3)4)51-45(58)60-6/h11,13,15,17,19-20,27-28,35-36,38-40H,7-10,12,14,16,18,21-26H2,1-6H3,(H,47,55)(H,48,53)(H,49,54)(H,50,57)(H,51,58). The average Bonchev–Trinajstić information content (AvgIpc) is 4.02. The van der Waals surface area contributed by atoms with Gasteiger partial charge in [-0.1, -0.05) is 64.8 Å². The summed E-state index contributed by atoms with van der Waals surface area (Å²) < 4.78 is 9.37. The van der Waals surface area contributed by atoms with E-state index in [-0.39, 0.29) is 36.1 Å². The number of carbonyl (C=O) groups is 6. The van der Waals surface area contributed by atoms with E-state index < -0.39 is 36.2 Å². The molecule has 60 heavy (non-hydrogen) atoms. The minimum atomic E-state index is -0.821. The number of likely N-dealkylation sites (tertiary alicyclic amines) is 1. The molecule has 1 spiro atoms. The molecule has 0 bridgehead atoms. The number of nitrogens with one attached hydrogen (secondary N) is 5. The third kappa shape index (κ3) is 9.90. The van der Waals surface area contributed by atoms with E-state index in [0.29, 0.717) is 49.5 Å². The fourth-order valence-electron chi connectivity index (χ4n) is 10.4. The molecule has 6 aliphatic rings. The van der Waals surface area contributed by atoms with Crippen LogP contribution in [0.5, 0.6) is 0 Å². The third-order valence-electron chi connectivity index (χ3n) is 13.5. The lowest BCUT2D eigenvalue weighted by Crippen LogP contribution is -2.55. The van der Waals surface area contributed by atoms with Crippen LogP contribution in [0, 0.1) is 29.1 Å². The Labute approximate surface area is 354 Å². The number of allylic oxidation sites excluding steroid dienone is 12. The molecule has 6 rings (SSSR count).